The fourth-order valence-corrected chi connectivity index (χ4v) is 8.97. The summed E-state index contributed by atoms with van der Waals surface area (Å²) in [6.45, 7) is 2.02. The van der Waals surface area contributed by atoms with Crippen molar-refractivity contribution in [2.75, 3.05) is 17.2 Å². The smallest absolute Gasteiger partial charge is 0.341 e. The molecule has 3 amide bonds. The number of fused-ring (bicyclic) bond motifs is 2. The molecule has 10 heteroatoms. The molecule has 1 aliphatic rings. The predicted octanol–water partition coefficient (Wildman–Crippen LogP) is 9.84. The Morgan fingerprint density at radius 3 is 2.31 bits per heavy atom. The average molecular weight is 766 g/mol. The lowest BCUT2D eigenvalue weighted by molar-refractivity contribution is -0.116. The van der Waals surface area contributed by atoms with E-state index >= 15 is 0 Å². The Morgan fingerprint density at radius 2 is 1.51 bits per heavy atom. The highest BCUT2D eigenvalue weighted by Gasteiger charge is 2.30. The van der Waals surface area contributed by atoms with Crippen LogP contribution in [-0.4, -0.2) is 30.3 Å². The quantitative estimate of drug-likeness (QED) is 0.0650. The van der Waals surface area contributed by atoms with Crippen molar-refractivity contribution in [1.29, 1.82) is 0 Å². The zero-order valence-corrected chi connectivity index (χ0v) is 31.8. The zero-order chi connectivity index (χ0) is 38.1. The second kappa shape index (κ2) is 17.4. The molecule has 0 saturated heterocycles. The molecule has 1 aliphatic carbocycles. The van der Waals surface area contributed by atoms with Crippen molar-refractivity contribution < 1.29 is 23.9 Å². The van der Waals surface area contributed by atoms with Crippen LogP contribution in [0.1, 0.15) is 67.3 Å². The molecule has 55 heavy (non-hydrogen) atoms. The number of benzene rings is 5. The van der Waals surface area contributed by atoms with Crippen LogP contribution in [-0.2, 0) is 27.2 Å². The highest BCUT2D eigenvalue weighted by molar-refractivity contribution is 8.00. The molecule has 6 aromatic rings. The van der Waals surface area contributed by atoms with Gasteiger partial charge in [0.1, 0.15) is 15.9 Å². The number of carbonyl (C=O) groups excluding carboxylic acids is 4. The van der Waals surface area contributed by atoms with E-state index in [1.165, 1.54) is 23.1 Å². The third-order valence-corrected chi connectivity index (χ3v) is 11.7. The van der Waals surface area contributed by atoms with E-state index in [4.69, 9.17) is 4.74 Å². The number of thioether (sulfide) groups is 1. The van der Waals surface area contributed by atoms with Gasteiger partial charge in [-0.15, -0.1) is 23.1 Å². The van der Waals surface area contributed by atoms with Gasteiger partial charge in [-0.2, -0.15) is 0 Å². The molecular weight excluding hydrogens is 727 g/mol. The SMILES string of the molecule is CCOC(=O)c1c(NC(=O)C(Sc2cccc(NC(=O)/C(=C\c3cccc4ccccc34)NC(=O)c3ccccc3)c2)c2ccccc2)sc2c1CCCC2. The van der Waals surface area contributed by atoms with Gasteiger partial charge in [-0.05, 0) is 96.5 Å². The fraction of sp³-hybridized carbons (Fsp3) is 0.156. The van der Waals surface area contributed by atoms with Crippen LogP contribution in [0, 0.1) is 0 Å². The van der Waals surface area contributed by atoms with Crippen LogP contribution in [0.5, 0.6) is 0 Å². The molecule has 1 heterocycles. The normalized spacial score (nSPS) is 13.0. The summed E-state index contributed by atoms with van der Waals surface area (Å²) in [5, 5.41) is 10.7. The first-order chi connectivity index (χ1) is 26.9. The summed E-state index contributed by atoms with van der Waals surface area (Å²) < 4.78 is 5.42. The van der Waals surface area contributed by atoms with E-state index in [1.807, 2.05) is 84.9 Å². The van der Waals surface area contributed by atoms with Crippen LogP contribution >= 0.6 is 23.1 Å². The fourth-order valence-electron chi connectivity index (χ4n) is 6.61. The molecule has 1 aromatic heterocycles. The van der Waals surface area contributed by atoms with Crippen LogP contribution in [0.15, 0.2) is 138 Å². The van der Waals surface area contributed by atoms with E-state index < -0.39 is 23.0 Å². The van der Waals surface area contributed by atoms with E-state index in [9.17, 15) is 19.2 Å². The maximum Gasteiger partial charge on any atom is 0.341 e. The molecule has 0 spiro atoms. The minimum Gasteiger partial charge on any atom is -0.462 e. The number of thiophene rings is 1. The number of amides is 3. The minimum absolute atomic E-state index is 0.0702. The second-order valence-electron chi connectivity index (χ2n) is 13.0. The lowest BCUT2D eigenvalue weighted by Crippen LogP contribution is -2.30. The Bertz CT molecular complexity index is 2390. The van der Waals surface area contributed by atoms with Crippen LogP contribution in [0.2, 0.25) is 0 Å². The zero-order valence-electron chi connectivity index (χ0n) is 30.2. The number of hydrogen-bond donors (Lipinski definition) is 3. The Labute approximate surface area is 328 Å². The highest BCUT2D eigenvalue weighted by atomic mass is 32.2. The average Bonchev–Trinajstić information content (AvgIpc) is 3.58. The summed E-state index contributed by atoms with van der Waals surface area (Å²) >= 11 is 2.79. The van der Waals surface area contributed by atoms with Gasteiger partial charge in [0.25, 0.3) is 11.8 Å². The maximum absolute atomic E-state index is 14.2. The summed E-state index contributed by atoms with van der Waals surface area (Å²) in [7, 11) is 0. The van der Waals surface area contributed by atoms with Gasteiger partial charge in [-0.3, -0.25) is 14.4 Å². The van der Waals surface area contributed by atoms with Gasteiger partial charge in [-0.25, -0.2) is 4.79 Å². The number of esters is 1. The van der Waals surface area contributed by atoms with Gasteiger partial charge in [0.2, 0.25) is 5.91 Å². The number of nitrogens with one attached hydrogen (secondary N) is 3. The second-order valence-corrected chi connectivity index (χ2v) is 15.2. The monoisotopic (exact) mass is 765 g/mol. The Kier molecular flexibility index (Phi) is 11.8. The minimum atomic E-state index is -0.687. The molecule has 1 atom stereocenters. The standard InChI is InChI=1S/C45H39N3O5S2/c1-2-53-45(52)39-36-25-11-12-26-38(36)55-44(39)48-43(51)40(30-16-5-3-6-17-30)54-34-23-14-22-33(28-34)46-42(50)37(47-41(49)31-18-7-4-8-19-31)27-32-21-13-20-29-15-9-10-24-35(29)32/h3-10,13-24,27-28,40H,2,11-12,25-26H2,1H3,(H,46,50)(H,47,49)(H,48,51)/b37-27+. The highest BCUT2D eigenvalue weighted by Crippen LogP contribution is 2.42. The summed E-state index contributed by atoms with van der Waals surface area (Å²) in [6, 6.07) is 39.1. The van der Waals surface area contributed by atoms with Gasteiger partial charge in [0.15, 0.2) is 0 Å². The number of hydrogen-bond acceptors (Lipinski definition) is 7. The number of carbonyl (C=O) groups is 4. The Morgan fingerprint density at radius 1 is 0.800 bits per heavy atom. The van der Waals surface area contributed by atoms with Crippen molar-refractivity contribution in [3.63, 3.8) is 0 Å². The Balaban J connectivity index is 1.16. The topological polar surface area (TPSA) is 114 Å². The van der Waals surface area contributed by atoms with Crippen molar-refractivity contribution in [3.8, 4) is 0 Å². The van der Waals surface area contributed by atoms with Crippen LogP contribution in [0.4, 0.5) is 10.7 Å². The molecule has 8 nitrogen and oxygen atoms in total. The van der Waals surface area contributed by atoms with E-state index in [2.05, 4.69) is 16.0 Å². The van der Waals surface area contributed by atoms with Crippen LogP contribution < -0.4 is 16.0 Å². The molecule has 0 aliphatic heterocycles. The summed E-state index contributed by atoms with van der Waals surface area (Å²) in [4.78, 5) is 56.5. The van der Waals surface area contributed by atoms with Crippen molar-refractivity contribution in [1.82, 2.24) is 5.32 Å². The summed E-state index contributed by atoms with van der Waals surface area (Å²) in [5.74, 6) is -1.62. The molecule has 3 N–H and O–H groups in total. The lowest BCUT2D eigenvalue weighted by atomic mass is 9.95. The number of aryl methyl sites for hydroxylation is 1. The van der Waals surface area contributed by atoms with Gasteiger partial charge < -0.3 is 20.7 Å². The maximum atomic E-state index is 14.2. The molecular formula is C45H39N3O5S2. The molecule has 5 aromatic carbocycles. The molecule has 7 rings (SSSR count). The molecule has 276 valence electrons. The van der Waals surface area contributed by atoms with Crippen molar-refractivity contribution in [2.24, 2.45) is 0 Å². The van der Waals surface area contributed by atoms with E-state index in [0.29, 0.717) is 21.8 Å². The van der Waals surface area contributed by atoms with Crippen molar-refractivity contribution in [2.45, 2.75) is 42.8 Å². The molecule has 0 radical (unpaired) electrons. The Hall–Kier alpha value is -5.97. The van der Waals surface area contributed by atoms with E-state index in [1.54, 1.807) is 55.5 Å². The first-order valence-electron chi connectivity index (χ1n) is 18.2. The van der Waals surface area contributed by atoms with Crippen LogP contribution in [0.3, 0.4) is 0 Å². The van der Waals surface area contributed by atoms with Gasteiger partial charge in [-0.1, -0.05) is 97.1 Å². The van der Waals surface area contributed by atoms with Gasteiger partial charge in [0, 0.05) is 21.0 Å². The third-order valence-electron chi connectivity index (χ3n) is 9.23. The van der Waals surface area contributed by atoms with Crippen molar-refractivity contribution in [3.05, 3.63) is 166 Å². The largest absolute Gasteiger partial charge is 0.462 e. The van der Waals surface area contributed by atoms with Crippen LogP contribution in [0.25, 0.3) is 16.8 Å². The van der Waals surface area contributed by atoms with Crippen molar-refractivity contribution >= 4 is 74.3 Å². The molecule has 0 saturated carbocycles. The molecule has 0 bridgehead atoms. The van der Waals surface area contributed by atoms with Gasteiger partial charge >= 0.3 is 5.97 Å². The predicted molar refractivity (Wildman–Crippen MR) is 221 cm³/mol. The summed E-state index contributed by atoms with van der Waals surface area (Å²) in [5.41, 5.74) is 3.96. The van der Waals surface area contributed by atoms with Gasteiger partial charge in [0.05, 0.1) is 12.2 Å². The van der Waals surface area contributed by atoms with E-state index in [0.717, 1.165) is 62.9 Å². The first kappa shape index (κ1) is 37.3. The third kappa shape index (κ3) is 8.88. The number of rotatable bonds is 12. The molecule has 0 fully saturated rings. The number of anilines is 2. The lowest BCUT2D eigenvalue weighted by Gasteiger charge is -2.18. The van der Waals surface area contributed by atoms with E-state index in [-0.39, 0.29) is 18.2 Å². The molecule has 1 unspecified atom stereocenters. The number of ether oxygens (including phenoxy) is 1. The first-order valence-corrected chi connectivity index (χ1v) is 19.9. The summed E-state index contributed by atoms with van der Waals surface area (Å²) in [6.07, 6.45) is 5.35.